The second-order valence-electron chi connectivity index (χ2n) is 26.5. The fourth-order valence-electron chi connectivity index (χ4n) is 15.1. The van der Waals surface area contributed by atoms with Crippen LogP contribution in [0.3, 0.4) is 0 Å². The highest BCUT2D eigenvalue weighted by Crippen LogP contribution is 2.58. The van der Waals surface area contributed by atoms with Crippen molar-refractivity contribution in [1.82, 2.24) is 29.6 Å². The van der Waals surface area contributed by atoms with Crippen LogP contribution in [0.4, 0.5) is 0 Å². The molecule has 4 aliphatic rings. The molecule has 11 aromatic rings. The highest BCUT2D eigenvalue weighted by Gasteiger charge is 2.48. The zero-order valence-corrected chi connectivity index (χ0v) is 56.0. The molecule has 2 atom stereocenters. The third-order valence-electron chi connectivity index (χ3n) is 20.1. The maximum absolute atomic E-state index is 16.5. The summed E-state index contributed by atoms with van der Waals surface area (Å²) >= 11 is 0. The second-order valence-corrected chi connectivity index (χ2v) is 26.5. The number of aliphatic hydroxyl groups excluding tert-OH is 4. The Morgan fingerprint density at radius 1 is 0.333 bits per heavy atom. The van der Waals surface area contributed by atoms with Crippen LogP contribution in [0.15, 0.2) is 170 Å². The highest BCUT2D eigenvalue weighted by molar-refractivity contribution is 6.45. The van der Waals surface area contributed by atoms with E-state index in [1.165, 1.54) is 0 Å². The molecular formula is C82H74N6O14. The molecular weight excluding hydrogens is 1290 g/mol. The van der Waals surface area contributed by atoms with Gasteiger partial charge in [-0.1, -0.05) is 48.5 Å². The lowest BCUT2D eigenvalue weighted by molar-refractivity contribution is -0.137. The number of carbonyl (C=O) groups is 6. The molecule has 102 heavy (non-hydrogen) atoms. The van der Waals surface area contributed by atoms with Crippen molar-refractivity contribution in [3.05, 3.63) is 226 Å². The number of carbonyl (C=O) groups excluding carboxylic acids is 6. The summed E-state index contributed by atoms with van der Waals surface area (Å²) in [4.78, 5) is 111. The van der Waals surface area contributed by atoms with Crippen LogP contribution in [0.2, 0.25) is 0 Å². The Morgan fingerprint density at radius 3 is 0.833 bits per heavy atom. The van der Waals surface area contributed by atoms with Gasteiger partial charge in [0.2, 0.25) is 11.8 Å². The van der Waals surface area contributed by atoms with Crippen molar-refractivity contribution >= 4 is 78.5 Å². The van der Waals surface area contributed by atoms with Gasteiger partial charge >= 0.3 is 0 Å². The number of benzene rings is 9. The van der Waals surface area contributed by atoms with Crippen molar-refractivity contribution in [3.8, 4) is 46.0 Å². The predicted octanol–water partition coefficient (Wildman–Crippen LogP) is 12.3. The lowest BCUT2D eigenvalue weighted by Gasteiger charge is -2.38. The number of rotatable bonds is 24. The first-order valence-corrected chi connectivity index (χ1v) is 34.9. The van der Waals surface area contributed by atoms with Gasteiger partial charge in [0.25, 0.3) is 23.6 Å². The monoisotopic (exact) mass is 1370 g/mol. The molecule has 4 aliphatic heterocycles. The van der Waals surface area contributed by atoms with E-state index in [-0.39, 0.29) is 151 Å². The number of aliphatic hydroxyl groups is 4. The SMILES string of the molecule is O=C(C(Cc1ccncc1)N1C(=O)c2cc(Oc3ccc(CCO)cc3)c3c4c(Oc5ccc(CCO)cc5)cc5c6c(cc(Oc7ccc(CCO)cc7)c(c7c(Oc8ccc(CCO)cc8)cc(c2c37)C1=O)c64)C(=O)N(C(Cc1ccncc1)C(=O)N1CCCCC1)C5=O)N1CCCCC1. The number of imide groups is 2. The maximum Gasteiger partial charge on any atom is 0.262 e. The molecule has 0 spiro atoms. The number of hydrogen-bond donors (Lipinski definition) is 4. The molecule has 9 aromatic carbocycles. The molecule has 4 N–H and O–H groups in total. The van der Waals surface area contributed by atoms with E-state index >= 15 is 28.8 Å². The summed E-state index contributed by atoms with van der Waals surface area (Å²) in [5.74, 6) is -2.70. The van der Waals surface area contributed by atoms with Gasteiger partial charge in [-0.15, -0.1) is 0 Å². The standard InChI is InChI=1S/C82H74N6O14/c89-39-27-49-7-15-55(16-8-49)99-65-45-59-69-60(78(94)87(77(59)93)63(43-53-23-31-83-32-24-53)81(97)85-35-3-1-4-36-85)46-66(100-56-17-9-50(10-18-56)28-40-90)72-74-68(102-58-21-13-52(14-22-58)30-42-92)48-62-70-61(47-67(73(76(70)74)71(65)75(69)72)101-57-19-11-51(12-20-57)29-41-91)79(95)88(80(62)96)64(44-54-25-33-84-34-26-54)82(98)86-37-5-2-6-38-86/h7-26,31-34,45-48,63-64,89-92H,1-6,27-30,35-44H2. The molecule has 516 valence electrons. The van der Waals surface area contributed by atoms with Gasteiger partial charge in [0, 0.05) is 133 Å². The van der Waals surface area contributed by atoms with Crippen LogP contribution in [0.25, 0.3) is 43.1 Å². The molecule has 20 nitrogen and oxygen atoms in total. The largest absolute Gasteiger partial charge is 0.457 e. The van der Waals surface area contributed by atoms with Crippen LogP contribution in [-0.4, -0.2) is 150 Å². The Labute approximate surface area is 587 Å². The zero-order valence-electron chi connectivity index (χ0n) is 56.0. The van der Waals surface area contributed by atoms with Gasteiger partial charge in [0.05, 0.1) is 22.3 Å². The summed E-state index contributed by atoms with van der Waals surface area (Å²) < 4.78 is 29.0. The molecule has 2 unspecified atom stereocenters. The molecule has 2 saturated heterocycles. The number of hydrogen-bond acceptors (Lipinski definition) is 16. The Kier molecular flexibility index (Phi) is 18.9. The molecule has 15 rings (SSSR count). The summed E-state index contributed by atoms with van der Waals surface area (Å²) in [6, 6.07) is 38.8. The average Bonchev–Trinajstić information content (AvgIpc) is 0.671. The van der Waals surface area contributed by atoms with Crippen molar-refractivity contribution in [3.63, 3.8) is 0 Å². The van der Waals surface area contributed by atoms with Gasteiger partial charge in [-0.25, -0.2) is 0 Å². The first-order chi connectivity index (χ1) is 49.9. The lowest BCUT2D eigenvalue weighted by Crippen LogP contribution is -2.56. The first-order valence-electron chi connectivity index (χ1n) is 34.9. The molecule has 0 radical (unpaired) electrons. The van der Waals surface area contributed by atoms with Crippen LogP contribution >= 0.6 is 0 Å². The van der Waals surface area contributed by atoms with Gasteiger partial charge in [-0.2, -0.15) is 0 Å². The van der Waals surface area contributed by atoms with Gasteiger partial charge < -0.3 is 49.2 Å². The number of piperidine rings is 2. The van der Waals surface area contributed by atoms with Gasteiger partial charge in [-0.05, 0) is 195 Å². The van der Waals surface area contributed by atoms with Crippen LogP contribution in [-0.2, 0) is 48.1 Å². The molecule has 0 saturated carbocycles. The van der Waals surface area contributed by atoms with E-state index in [0.717, 1.165) is 70.6 Å². The summed E-state index contributed by atoms with van der Waals surface area (Å²) in [5, 5.41) is 41.9. The Balaban J connectivity index is 1.09. The molecule has 6 amide bonds. The number of pyridine rings is 2. The number of fused-ring (bicyclic) bond motifs is 2. The van der Waals surface area contributed by atoms with Crippen molar-refractivity contribution < 1.29 is 68.1 Å². The predicted molar refractivity (Wildman–Crippen MR) is 382 cm³/mol. The highest BCUT2D eigenvalue weighted by atomic mass is 16.5. The lowest BCUT2D eigenvalue weighted by atomic mass is 9.80. The average molecular weight is 1370 g/mol. The van der Waals surface area contributed by atoms with Gasteiger partial charge in [-0.3, -0.25) is 48.5 Å². The maximum atomic E-state index is 16.5. The minimum atomic E-state index is -1.36. The first kappa shape index (κ1) is 66.7. The Hall–Kier alpha value is -11.2. The second kappa shape index (κ2) is 28.8. The molecule has 2 aromatic heterocycles. The molecule has 2 fully saturated rings. The minimum Gasteiger partial charge on any atom is -0.457 e. The Morgan fingerprint density at radius 2 is 0.588 bits per heavy atom. The van der Waals surface area contributed by atoms with E-state index in [0.29, 0.717) is 63.0 Å². The normalized spacial score (nSPS) is 15.3. The Bertz CT molecular complexity index is 4480. The summed E-state index contributed by atoms with van der Waals surface area (Å²) in [6.07, 6.45) is 12.4. The number of ether oxygens (including phenoxy) is 4. The van der Waals surface area contributed by atoms with Crippen molar-refractivity contribution in [2.75, 3.05) is 52.6 Å². The topological polar surface area (TPSA) is 259 Å². The van der Waals surface area contributed by atoms with E-state index in [1.807, 2.05) is 0 Å². The van der Waals surface area contributed by atoms with E-state index < -0.39 is 47.5 Å². The van der Waals surface area contributed by atoms with E-state index in [9.17, 15) is 20.4 Å². The molecule has 0 bridgehead atoms. The number of nitrogens with zero attached hydrogens (tertiary/aromatic N) is 6. The molecule has 6 heterocycles. The van der Waals surface area contributed by atoms with Crippen molar-refractivity contribution in [2.24, 2.45) is 0 Å². The van der Waals surface area contributed by atoms with Crippen LogP contribution < -0.4 is 18.9 Å². The smallest absolute Gasteiger partial charge is 0.262 e. The summed E-state index contributed by atoms with van der Waals surface area (Å²) in [5.41, 5.74) is 4.45. The minimum absolute atomic E-state index is 0.0138. The molecule has 0 aliphatic carbocycles. The fourth-order valence-corrected chi connectivity index (χ4v) is 15.1. The van der Waals surface area contributed by atoms with Crippen molar-refractivity contribution in [1.29, 1.82) is 0 Å². The van der Waals surface area contributed by atoms with E-state index in [4.69, 9.17) is 18.9 Å². The third kappa shape index (κ3) is 12.6. The van der Waals surface area contributed by atoms with Crippen LogP contribution in [0, 0.1) is 0 Å². The van der Waals surface area contributed by atoms with Crippen molar-refractivity contribution in [2.45, 2.75) is 89.1 Å². The van der Waals surface area contributed by atoms with Gasteiger partial charge in [0.15, 0.2) is 0 Å². The molecule has 20 heteroatoms. The van der Waals surface area contributed by atoms with Gasteiger partial charge in [0.1, 0.15) is 58.1 Å². The summed E-state index contributed by atoms with van der Waals surface area (Å²) in [7, 11) is 0. The third-order valence-corrected chi connectivity index (χ3v) is 20.1. The number of likely N-dealkylation sites (tertiary alicyclic amines) is 2. The van der Waals surface area contributed by atoms with E-state index in [1.54, 1.807) is 180 Å². The zero-order chi connectivity index (χ0) is 70.1. The van der Waals surface area contributed by atoms with Crippen LogP contribution in [0.5, 0.6) is 46.0 Å². The van der Waals surface area contributed by atoms with E-state index in [2.05, 4.69) is 9.97 Å². The number of aromatic nitrogens is 2. The fraction of sp³-hybridized carbons (Fsp3) is 0.268. The van der Waals surface area contributed by atoms with Crippen LogP contribution in [0.1, 0.15) is 113 Å². The quantitative estimate of drug-likeness (QED) is 0.0249. The summed E-state index contributed by atoms with van der Waals surface area (Å²) in [6.45, 7) is 1.21. The number of amides is 6.